The van der Waals surface area contributed by atoms with Gasteiger partial charge in [0.2, 0.25) is 5.91 Å². The predicted molar refractivity (Wildman–Crippen MR) is 101 cm³/mol. The highest BCUT2D eigenvalue weighted by atomic mass is 16.5. The van der Waals surface area contributed by atoms with Gasteiger partial charge in [0.25, 0.3) is 11.3 Å². The van der Waals surface area contributed by atoms with Crippen molar-refractivity contribution in [2.24, 2.45) is 0 Å². The summed E-state index contributed by atoms with van der Waals surface area (Å²) in [5.41, 5.74) is 3.74. The van der Waals surface area contributed by atoms with Crippen LogP contribution in [-0.4, -0.2) is 32.1 Å². The van der Waals surface area contributed by atoms with Gasteiger partial charge < -0.3 is 14.8 Å². The van der Waals surface area contributed by atoms with Gasteiger partial charge in [0.05, 0.1) is 5.69 Å². The molecule has 1 amide bonds. The van der Waals surface area contributed by atoms with E-state index in [0.29, 0.717) is 24.0 Å². The van der Waals surface area contributed by atoms with Crippen molar-refractivity contribution < 1.29 is 9.32 Å². The second kappa shape index (κ2) is 6.71. The zero-order valence-corrected chi connectivity index (χ0v) is 15.1. The summed E-state index contributed by atoms with van der Waals surface area (Å²) in [7, 11) is 0. The number of hydrogen-bond acceptors (Lipinski definition) is 5. The first-order valence-electron chi connectivity index (χ1n) is 8.67. The van der Waals surface area contributed by atoms with E-state index in [-0.39, 0.29) is 23.7 Å². The molecular weight excluding hydrogens is 346 g/mol. The molecule has 0 bridgehead atoms. The molecule has 0 atom stereocenters. The van der Waals surface area contributed by atoms with E-state index in [1.807, 2.05) is 6.20 Å². The van der Waals surface area contributed by atoms with Crippen LogP contribution in [0.2, 0.25) is 0 Å². The predicted octanol–water partition coefficient (Wildman–Crippen LogP) is 1.84. The Balaban J connectivity index is 1.41. The smallest absolute Gasteiger partial charge is 0.267 e. The molecule has 2 N–H and O–H groups in total. The van der Waals surface area contributed by atoms with E-state index in [2.05, 4.69) is 45.6 Å². The van der Waals surface area contributed by atoms with Gasteiger partial charge in [-0.25, -0.2) is 4.98 Å². The van der Waals surface area contributed by atoms with Gasteiger partial charge in [0, 0.05) is 23.6 Å². The molecule has 138 valence electrons. The largest absolute Gasteiger partial charge is 0.361 e. The number of hydrogen-bond donors (Lipinski definition) is 2. The van der Waals surface area contributed by atoms with Crippen molar-refractivity contribution in [1.29, 1.82) is 0 Å². The number of aromatic nitrogens is 4. The van der Waals surface area contributed by atoms with E-state index in [0.717, 1.165) is 16.5 Å². The second-order valence-electron chi connectivity index (χ2n) is 6.59. The van der Waals surface area contributed by atoms with Crippen molar-refractivity contribution in [2.75, 3.05) is 6.54 Å². The molecule has 0 aliphatic rings. The summed E-state index contributed by atoms with van der Waals surface area (Å²) in [6.07, 6.45) is 3.97. The van der Waals surface area contributed by atoms with E-state index in [4.69, 9.17) is 4.52 Å². The van der Waals surface area contributed by atoms with E-state index in [1.54, 1.807) is 6.92 Å². The molecule has 0 unspecified atom stereocenters. The Kier molecular flexibility index (Phi) is 4.23. The molecule has 8 nitrogen and oxygen atoms in total. The van der Waals surface area contributed by atoms with Crippen LogP contribution in [-0.2, 0) is 17.8 Å². The Hall–Kier alpha value is -3.42. The van der Waals surface area contributed by atoms with Crippen LogP contribution in [0.25, 0.3) is 22.0 Å². The van der Waals surface area contributed by atoms with Crippen LogP contribution >= 0.6 is 0 Å². The molecule has 8 heteroatoms. The van der Waals surface area contributed by atoms with E-state index < -0.39 is 0 Å². The molecule has 0 fully saturated rings. The number of rotatable bonds is 5. The van der Waals surface area contributed by atoms with Crippen molar-refractivity contribution in [1.82, 2.24) is 25.0 Å². The zero-order valence-electron chi connectivity index (χ0n) is 15.1. The zero-order chi connectivity index (χ0) is 19.0. The van der Waals surface area contributed by atoms with Crippen LogP contribution < -0.4 is 10.9 Å². The summed E-state index contributed by atoms with van der Waals surface area (Å²) >= 11 is 0. The topological polar surface area (TPSA) is 106 Å². The van der Waals surface area contributed by atoms with Crippen LogP contribution in [0.3, 0.4) is 0 Å². The molecule has 0 saturated heterocycles. The number of carbonyl (C=O) groups excluding carboxylic acids is 1. The maximum absolute atomic E-state index is 12.4. The minimum atomic E-state index is -0.332. The van der Waals surface area contributed by atoms with Crippen molar-refractivity contribution in [3.63, 3.8) is 0 Å². The van der Waals surface area contributed by atoms with Crippen molar-refractivity contribution in [3.8, 4) is 0 Å². The van der Waals surface area contributed by atoms with Gasteiger partial charge in [-0.15, -0.1) is 0 Å². The van der Waals surface area contributed by atoms with Crippen LogP contribution in [0.15, 0.2) is 40.0 Å². The van der Waals surface area contributed by atoms with Crippen molar-refractivity contribution in [2.45, 2.75) is 26.8 Å². The van der Waals surface area contributed by atoms with Crippen molar-refractivity contribution in [3.05, 3.63) is 57.9 Å². The molecule has 27 heavy (non-hydrogen) atoms. The Bertz CT molecular complexity index is 1200. The first kappa shape index (κ1) is 17.0. The standard InChI is InChI=1S/C19H19N5O3/c1-11-3-4-15-14(7-11)13(8-21-15)5-6-20-16(25)9-24-10-22-18-17(19(24)26)12(2)23-27-18/h3-4,7-8,10,21H,5-6,9H2,1-2H3,(H,20,25). The third-order valence-electron chi connectivity index (χ3n) is 4.59. The van der Waals surface area contributed by atoms with Crippen LogP contribution in [0, 0.1) is 13.8 Å². The van der Waals surface area contributed by atoms with Crippen LogP contribution in [0.5, 0.6) is 0 Å². The SMILES string of the molecule is Cc1ccc2[nH]cc(CCNC(=O)Cn3cnc4onc(C)c4c3=O)c2c1. The average molecular weight is 365 g/mol. The molecular formula is C19H19N5O3. The summed E-state index contributed by atoms with van der Waals surface area (Å²) < 4.78 is 6.22. The molecule has 0 saturated carbocycles. The second-order valence-corrected chi connectivity index (χ2v) is 6.59. The lowest BCUT2D eigenvalue weighted by atomic mass is 10.1. The minimum absolute atomic E-state index is 0.0978. The highest BCUT2D eigenvalue weighted by molar-refractivity contribution is 5.84. The number of fused-ring (bicyclic) bond motifs is 2. The Morgan fingerprint density at radius 1 is 1.33 bits per heavy atom. The highest BCUT2D eigenvalue weighted by Gasteiger charge is 2.14. The maximum atomic E-state index is 12.4. The number of nitrogens with one attached hydrogen (secondary N) is 2. The first-order chi connectivity index (χ1) is 13.0. The number of benzene rings is 1. The summed E-state index contributed by atoms with van der Waals surface area (Å²) in [5, 5.41) is 8.05. The van der Waals surface area contributed by atoms with E-state index in [1.165, 1.54) is 16.5 Å². The van der Waals surface area contributed by atoms with Gasteiger partial charge in [-0.3, -0.25) is 14.2 Å². The Morgan fingerprint density at radius 3 is 3.04 bits per heavy atom. The number of nitrogens with zero attached hydrogens (tertiary/aromatic N) is 3. The molecule has 3 heterocycles. The first-order valence-corrected chi connectivity index (χ1v) is 8.67. The van der Waals surface area contributed by atoms with Crippen LogP contribution in [0.1, 0.15) is 16.8 Å². The number of carbonyl (C=O) groups is 1. The van der Waals surface area contributed by atoms with Gasteiger partial charge in [0.1, 0.15) is 18.3 Å². The van der Waals surface area contributed by atoms with Gasteiger partial charge in [-0.2, -0.15) is 0 Å². The van der Waals surface area contributed by atoms with E-state index in [9.17, 15) is 9.59 Å². The number of amides is 1. The third kappa shape index (κ3) is 3.21. The molecule has 0 aliphatic heterocycles. The normalized spacial score (nSPS) is 11.3. The minimum Gasteiger partial charge on any atom is -0.361 e. The molecule has 1 aromatic carbocycles. The van der Waals surface area contributed by atoms with Crippen molar-refractivity contribution >= 4 is 27.9 Å². The molecule has 0 spiro atoms. The fourth-order valence-corrected chi connectivity index (χ4v) is 3.17. The van der Waals surface area contributed by atoms with Gasteiger partial charge in [-0.1, -0.05) is 16.8 Å². The summed E-state index contributed by atoms with van der Waals surface area (Å²) in [6, 6.07) is 6.24. The molecule has 3 aromatic heterocycles. The lowest BCUT2D eigenvalue weighted by Crippen LogP contribution is -2.33. The highest BCUT2D eigenvalue weighted by Crippen LogP contribution is 2.19. The van der Waals surface area contributed by atoms with Gasteiger partial charge >= 0.3 is 0 Å². The molecule has 0 radical (unpaired) electrons. The van der Waals surface area contributed by atoms with E-state index >= 15 is 0 Å². The Morgan fingerprint density at radius 2 is 2.19 bits per heavy atom. The number of H-pyrrole nitrogens is 1. The monoisotopic (exact) mass is 365 g/mol. The Labute approximate surface area is 154 Å². The average Bonchev–Trinajstić information content (AvgIpc) is 3.21. The summed E-state index contributed by atoms with van der Waals surface area (Å²) in [5.74, 6) is -0.247. The quantitative estimate of drug-likeness (QED) is 0.561. The molecule has 4 rings (SSSR count). The fraction of sp³-hybridized carbons (Fsp3) is 0.263. The lowest BCUT2D eigenvalue weighted by molar-refractivity contribution is -0.121. The van der Waals surface area contributed by atoms with Gasteiger partial charge in [0.15, 0.2) is 0 Å². The summed E-state index contributed by atoms with van der Waals surface area (Å²) in [4.78, 5) is 31.9. The number of aromatic amines is 1. The molecule has 4 aromatic rings. The molecule has 0 aliphatic carbocycles. The van der Waals surface area contributed by atoms with Gasteiger partial charge in [-0.05, 0) is 38.0 Å². The third-order valence-corrected chi connectivity index (χ3v) is 4.59. The number of aryl methyl sites for hydroxylation is 2. The summed E-state index contributed by atoms with van der Waals surface area (Å²) in [6.45, 7) is 4.11. The maximum Gasteiger partial charge on any atom is 0.267 e. The lowest BCUT2D eigenvalue weighted by Gasteiger charge is -2.07. The fourth-order valence-electron chi connectivity index (χ4n) is 3.17. The van der Waals surface area contributed by atoms with Crippen LogP contribution in [0.4, 0.5) is 0 Å².